The van der Waals surface area contributed by atoms with E-state index >= 15 is 0 Å². The van der Waals surface area contributed by atoms with Crippen LogP contribution >= 0.6 is 11.6 Å². The lowest BCUT2D eigenvalue weighted by atomic mass is 10.1. The minimum Gasteiger partial charge on any atom is -0.351 e. The third-order valence-electron chi connectivity index (χ3n) is 6.69. The van der Waals surface area contributed by atoms with Gasteiger partial charge in [-0.3, -0.25) is 4.90 Å². The third kappa shape index (κ3) is 5.36. The van der Waals surface area contributed by atoms with Crippen LogP contribution in [0, 0.1) is 11.8 Å². The summed E-state index contributed by atoms with van der Waals surface area (Å²) in [5.74, 6) is 7.76. The molecule has 2 N–H and O–H groups in total. The Labute approximate surface area is 215 Å². The van der Waals surface area contributed by atoms with Crippen LogP contribution in [0.3, 0.4) is 0 Å². The lowest BCUT2D eigenvalue weighted by Gasteiger charge is -2.32. The molecule has 6 rings (SSSR count). The number of anilines is 1. The Morgan fingerprint density at radius 3 is 2.61 bits per heavy atom. The van der Waals surface area contributed by atoms with Crippen molar-refractivity contribution >= 4 is 28.6 Å². The van der Waals surface area contributed by atoms with Gasteiger partial charge in [-0.1, -0.05) is 29.5 Å². The number of rotatable bonds is 5. The average molecular weight is 498 g/mol. The van der Waals surface area contributed by atoms with Crippen LogP contribution in [0.15, 0.2) is 48.8 Å². The standard InChI is InChI=1S/C28H28ClN7/c1-35-10-12-36(13-11-35)18-19-3-9-25-26(14-19)34-27(33-25)22-5-8-24(29)21(15-22)4-2-20-16-30-28(31-17-20)32-23-6-7-23/h3,5,8-9,14-17,23H,6-7,10-13,18H2,1H3,(H,33,34)(H,30,31,32). The van der Waals surface area contributed by atoms with Gasteiger partial charge in [0.2, 0.25) is 5.95 Å². The lowest BCUT2D eigenvalue weighted by molar-refractivity contribution is 0.148. The van der Waals surface area contributed by atoms with Crippen LogP contribution in [-0.2, 0) is 6.54 Å². The molecule has 0 amide bonds. The van der Waals surface area contributed by atoms with E-state index in [0.717, 1.165) is 66.3 Å². The van der Waals surface area contributed by atoms with E-state index in [0.29, 0.717) is 17.0 Å². The van der Waals surface area contributed by atoms with E-state index in [1.54, 1.807) is 12.4 Å². The van der Waals surface area contributed by atoms with Crippen LogP contribution in [0.25, 0.3) is 22.4 Å². The maximum Gasteiger partial charge on any atom is 0.222 e. The quantitative estimate of drug-likeness (QED) is 0.398. The topological polar surface area (TPSA) is 73.0 Å². The Bertz CT molecular complexity index is 1440. The number of hydrogen-bond acceptors (Lipinski definition) is 6. The number of hydrogen-bond donors (Lipinski definition) is 2. The van der Waals surface area contributed by atoms with Gasteiger partial charge in [0.1, 0.15) is 5.82 Å². The van der Waals surface area contributed by atoms with Crippen molar-refractivity contribution in [3.63, 3.8) is 0 Å². The van der Waals surface area contributed by atoms with E-state index < -0.39 is 0 Å². The molecular formula is C28H28ClN7. The fourth-order valence-corrected chi connectivity index (χ4v) is 4.51. The number of nitrogens with one attached hydrogen (secondary N) is 2. The fourth-order valence-electron chi connectivity index (χ4n) is 4.34. The first-order chi connectivity index (χ1) is 17.6. The molecule has 1 aliphatic carbocycles. The zero-order chi connectivity index (χ0) is 24.5. The Hall–Kier alpha value is -3.44. The monoisotopic (exact) mass is 497 g/mol. The van der Waals surface area contributed by atoms with Crippen molar-refractivity contribution in [1.82, 2.24) is 29.7 Å². The van der Waals surface area contributed by atoms with E-state index in [1.165, 1.54) is 18.4 Å². The Morgan fingerprint density at radius 2 is 1.83 bits per heavy atom. The summed E-state index contributed by atoms with van der Waals surface area (Å²) in [5, 5.41) is 3.88. The molecule has 1 saturated heterocycles. The Morgan fingerprint density at radius 1 is 1.03 bits per heavy atom. The second-order valence-electron chi connectivity index (χ2n) is 9.67. The third-order valence-corrected chi connectivity index (χ3v) is 7.02. The number of fused-ring (bicyclic) bond motifs is 1. The van der Waals surface area contributed by atoms with Crippen LogP contribution in [0.1, 0.15) is 29.5 Å². The minimum absolute atomic E-state index is 0.519. The van der Waals surface area contributed by atoms with Crippen LogP contribution in [0.5, 0.6) is 0 Å². The van der Waals surface area contributed by atoms with Crippen molar-refractivity contribution in [2.24, 2.45) is 0 Å². The first-order valence-electron chi connectivity index (χ1n) is 12.4. The van der Waals surface area contributed by atoms with Gasteiger partial charge in [-0.05, 0) is 55.8 Å². The molecule has 0 unspecified atom stereocenters. The normalized spacial score (nSPS) is 16.6. The molecule has 0 spiro atoms. The molecule has 0 radical (unpaired) electrons. The smallest absolute Gasteiger partial charge is 0.222 e. The molecule has 7 nitrogen and oxygen atoms in total. The summed E-state index contributed by atoms with van der Waals surface area (Å²) in [5.41, 5.74) is 5.72. The molecule has 2 aromatic carbocycles. The predicted molar refractivity (Wildman–Crippen MR) is 144 cm³/mol. The first-order valence-corrected chi connectivity index (χ1v) is 12.8. The molecule has 36 heavy (non-hydrogen) atoms. The van der Waals surface area contributed by atoms with E-state index in [2.05, 4.69) is 67.2 Å². The van der Waals surface area contributed by atoms with Gasteiger partial charge in [-0.25, -0.2) is 15.0 Å². The number of benzene rings is 2. The van der Waals surface area contributed by atoms with Crippen LogP contribution in [0.2, 0.25) is 5.02 Å². The van der Waals surface area contributed by atoms with Gasteiger partial charge in [0.15, 0.2) is 0 Å². The molecule has 1 saturated carbocycles. The lowest BCUT2D eigenvalue weighted by Crippen LogP contribution is -2.43. The van der Waals surface area contributed by atoms with Crippen molar-refractivity contribution in [3.05, 3.63) is 70.5 Å². The molecule has 2 fully saturated rings. The second-order valence-corrected chi connectivity index (χ2v) is 10.1. The zero-order valence-electron chi connectivity index (χ0n) is 20.3. The Kier molecular flexibility index (Phi) is 6.32. The summed E-state index contributed by atoms with van der Waals surface area (Å²) in [6.07, 6.45) is 5.84. The number of aromatic amines is 1. The Balaban J connectivity index is 1.20. The molecule has 0 atom stereocenters. The molecule has 182 valence electrons. The number of halogens is 1. The van der Waals surface area contributed by atoms with E-state index in [-0.39, 0.29) is 0 Å². The number of piperazine rings is 1. The van der Waals surface area contributed by atoms with E-state index in [1.807, 2.05) is 18.2 Å². The number of H-pyrrole nitrogens is 1. The van der Waals surface area contributed by atoms with Crippen LogP contribution in [0.4, 0.5) is 5.95 Å². The minimum atomic E-state index is 0.519. The second kappa shape index (κ2) is 9.90. The van der Waals surface area contributed by atoms with Gasteiger partial charge >= 0.3 is 0 Å². The van der Waals surface area contributed by atoms with Crippen molar-refractivity contribution < 1.29 is 0 Å². The van der Waals surface area contributed by atoms with Crippen molar-refractivity contribution in [3.8, 4) is 23.2 Å². The molecule has 0 bridgehead atoms. The highest BCUT2D eigenvalue weighted by atomic mass is 35.5. The number of nitrogens with zero attached hydrogens (tertiary/aromatic N) is 5. The first kappa shape index (κ1) is 23.0. The summed E-state index contributed by atoms with van der Waals surface area (Å²) in [6.45, 7) is 5.40. The SMILES string of the molecule is CN1CCN(Cc2ccc3nc(-c4ccc(Cl)c(C#Cc5cnc(NC6CC6)nc5)c4)[nH]c3c2)CC1. The van der Waals surface area contributed by atoms with Gasteiger partial charge < -0.3 is 15.2 Å². The van der Waals surface area contributed by atoms with E-state index in [9.17, 15) is 0 Å². The summed E-state index contributed by atoms with van der Waals surface area (Å²) < 4.78 is 0. The molecule has 2 aliphatic rings. The average Bonchev–Trinajstić information content (AvgIpc) is 3.61. The zero-order valence-corrected chi connectivity index (χ0v) is 21.0. The highest BCUT2D eigenvalue weighted by molar-refractivity contribution is 6.31. The van der Waals surface area contributed by atoms with Crippen molar-refractivity contribution in [1.29, 1.82) is 0 Å². The summed E-state index contributed by atoms with van der Waals surface area (Å²) in [7, 11) is 2.18. The van der Waals surface area contributed by atoms with Gasteiger partial charge in [0.25, 0.3) is 0 Å². The van der Waals surface area contributed by atoms with Crippen LogP contribution in [-0.4, -0.2) is 69.0 Å². The molecule has 4 aromatic rings. The van der Waals surface area contributed by atoms with Gasteiger partial charge in [0.05, 0.1) is 21.6 Å². The number of imidazole rings is 1. The van der Waals surface area contributed by atoms with Crippen molar-refractivity contribution in [2.45, 2.75) is 25.4 Å². The predicted octanol–water partition coefficient (Wildman–Crippen LogP) is 4.39. The van der Waals surface area contributed by atoms with Gasteiger partial charge in [0, 0.05) is 62.3 Å². The summed E-state index contributed by atoms with van der Waals surface area (Å²) in [6, 6.07) is 12.8. The molecule has 3 heterocycles. The summed E-state index contributed by atoms with van der Waals surface area (Å²) in [4.78, 5) is 21.9. The van der Waals surface area contributed by atoms with Crippen molar-refractivity contribution in [2.75, 3.05) is 38.5 Å². The number of aromatic nitrogens is 4. The van der Waals surface area contributed by atoms with Gasteiger partial charge in [-0.2, -0.15) is 0 Å². The van der Waals surface area contributed by atoms with Crippen LogP contribution < -0.4 is 5.32 Å². The molecule has 1 aliphatic heterocycles. The number of likely N-dealkylation sites (N-methyl/N-ethyl adjacent to an activating group) is 1. The molecule has 8 heteroatoms. The largest absolute Gasteiger partial charge is 0.351 e. The highest BCUT2D eigenvalue weighted by Gasteiger charge is 2.21. The highest BCUT2D eigenvalue weighted by Crippen LogP contribution is 2.26. The van der Waals surface area contributed by atoms with E-state index in [4.69, 9.17) is 16.6 Å². The fraction of sp³-hybridized carbons (Fsp3) is 0.321. The maximum atomic E-state index is 6.46. The van der Waals surface area contributed by atoms with Gasteiger partial charge in [-0.15, -0.1) is 0 Å². The summed E-state index contributed by atoms with van der Waals surface area (Å²) >= 11 is 6.46. The maximum absolute atomic E-state index is 6.46. The molecular weight excluding hydrogens is 470 g/mol. The molecule has 2 aromatic heterocycles.